The lowest BCUT2D eigenvalue weighted by atomic mass is 9.98. The fourth-order valence-corrected chi connectivity index (χ4v) is 4.57. The van der Waals surface area contributed by atoms with Crippen LogP contribution in [0.3, 0.4) is 0 Å². The first-order valence-electron chi connectivity index (χ1n) is 10.2. The summed E-state index contributed by atoms with van der Waals surface area (Å²) in [6.07, 6.45) is 1.27. The van der Waals surface area contributed by atoms with Crippen molar-refractivity contribution in [3.63, 3.8) is 0 Å². The van der Waals surface area contributed by atoms with E-state index in [1.807, 2.05) is 30.3 Å². The maximum absolute atomic E-state index is 13.0. The molecule has 6 nitrogen and oxygen atoms in total. The molecule has 0 bridgehead atoms. The number of amides is 1. The minimum Gasteiger partial charge on any atom is -0.448 e. The van der Waals surface area contributed by atoms with E-state index in [0.717, 1.165) is 5.56 Å². The van der Waals surface area contributed by atoms with Crippen molar-refractivity contribution in [3.05, 3.63) is 93.9 Å². The molecule has 1 aromatic heterocycles. The Morgan fingerprint density at radius 3 is 2.43 bits per heavy atom. The largest absolute Gasteiger partial charge is 0.448 e. The Labute approximate surface area is 174 Å². The predicted molar refractivity (Wildman–Crippen MR) is 114 cm³/mol. The molecule has 1 unspecified atom stereocenters. The van der Waals surface area contributed by atoms with Crippen LogP contribution in [0.15, 0.2) is 71.7 Å². The Morgan fingerprint density at radius 2 is 1.73 bits per heavy atom. The number of carbonyl (C=O) groups excluding carboxylic acids is 1. The number of nitrogens with zero attached hydrogens (tertiary/aromatic N) is 1. The molecule has 1 fully saturated rings. The van der Waals surface area contributed by atoms with Gasteiger partial charge in [-0.3, -0.25) is 9.69 Å². The van der Waals surface area contributed by atoms with E-state index in [1.54, 1.807) is 17.2 Å². The van der Waals surface area contributed by atoms with Gasteiger partial charge < -0.3 is 15.0 Å². The van der Waals surface area contributed by atoms with Gasteiger partial charge in [-0.2, -0.15) is 0 Å². The van der Waals surface area contributed by atoms with Gasteiger partial charge in [0.1, 0.15) is 6.61 Å². The molecule has 30 heavy (non-hydrogen) atoms. The van der Waals surface area contributed by atoms with Crippen LogP contribution in [-0.2, 0) is 4.74 Å². The molecule has 2 aromatic carbocycles. The zero-order chi connectivity index (χ0) is 20.5. The Kier molecular flexibility index (Phi) is 4.85. The van der Waals surface area contributed by atoms with E-state index in [1.165, 1.54) is 22.3 Å². The molecular formula is C24H23N3O3. The molecule has 2 N–H and O–H groups in total. The summed E-state index contributed by atoms with van der Waals surface area (Å²) in [5.74, 6) is 0.0299. The zero-order valence-corrected chi connectivity index (χ0v) is 16.5. The third kappa shape index (κ3) is 3.29. The van der Waals surface area contributed by atoms with Crippen LogP contribution < -0.4 is 10.9 Å². The molecule has 1 aliphatic heterocycles. The quantitative estimate of drug-likeness (QED) is 0.706. The zero-order valence-electron chi connectivity index (χ0n) is 16.5. The third-order valence-electron chi connectivity index (χ3n) is 6.00. The standard InChI is InChI=1S/C24H23N3O3/c28-23-13-16(9-10-26-23)22-14-25-11-12-27(22)24(29)30-15-21-19-7-3-1-5-17(19)18-6-2-4-8-20(18)21/h1-10,13,21-22,25H,11-12,14-15H2,(H,26,28). The topological polar surface area (TPSA) is 74.4 Å². The van der Waals surface area contributed by atoms with Crippen LogP contribution in [0, 0.1) is 0 Å². The van der Waals surface area contributed by atoms with Crippen molar-refractivity contribution in [2.75, 3.05) is 26.2 Å². The molecule has 3 aromatic rings. The number of hydrogen-bond acceptors (Lipinski definition) is 4. The van der Waals surface area contributed by atoms with E-state index < -0.39 is 0 Å². The minimum absolute atomic E-state index is 0.0299. The lowest BCUT2D eigenvalue weighted by molar-refractivity contribution is 0.0752. The lowest BCUT2D eigenvalue weighted by Gasteiger charge is -2.35. The first-order chi connectivity index (χ1) is 14.7. The van der Waals surface area contributed by atoms with Crippen LogP contribution in [0.2, 0.25) is 0 Å². The van der Waals surface area contributed by atoms with Gasteiger partial charge in [0.2, 0.25) is 5.56 Å². The number of ether oxygens (including phenoxy) is 1. The molecule has 1 amide bonds. The Bertz CT molecular complexity index is 1090. The number of carbonyl (C=O) groups is 1. The van der Waals surface area contributed by atoms with Crippen LogP contribution in [0.25, 0.3) is 11.1 Å². The number of H-pyrrole nitrogens is 1. The molecule has 1 atom stereocenters. The van der Waals surface area contributed by atoms with Gasteiger partial charge in [-0.25, -0.2) is 4.79 Å². The van der Waals surface area contributed by atoms with Crippen molar-refractivity contribution >= 4 is 6.09 Å². The van der Waals surface area contributed by atoms with Gasteiger partial charge in [-0.15, -0.1) is 0 Å². The average Bonchev–Trinajstić information content (AvgIpc) is 3.11. The van der Waals surface area contributed by atoms with Gasteiger partial charge in [-0.1, -0.05) is 48.5 Å². The molecule has 2 heterocycles. The molecule has 6 heteroatoms. The molecule has 5 rings (SSSR count). The van der Waals surface area contributed by atoms with Gasteiger partial charge in [0.05, 0.1) is 6.04 Å². The Hall–Kier alpha value is -3.38. The molecule has 0 saturated carbocycles. The first-order valence-corrected chi connectivity index (χ1v) is 10.2. The van der Waals surface area contributed by atoms with Gasteiger partial charge in [0.15, 0.2) is 0 Å². The number of pyridine rings is 1. The second kappa shape index (κ2) is 7.80. The Balaban J connectivity index is 1.36. The van der Waals surface area contributed by atoms with Crippen LogP contribution >= 0.6 is 0 Å². The highest BCUT2D eigenvalue weighted by Gasteiger charge is 2.32. The number of piperazine rings is 1. The summed E-state index contributed by atoms with van der Waals surface area (Å²) in [5.41, 5.74) is 5.43. The monoisotopic (exact) mass is 401 g/mol. The van der Waals surface area contributed by atoms with E-state index in [9.17, 15) is 9.59 Å². The van der Waals surface area contributed by atoms with E-state index in [0.29, 0.717) is 26.2 Å². The molecule has 152 valence electrons. The SMILES string of the molecule is O=C(OCC1c2ccccc2-c2ccccc21)N1CCNCC1c1cc[nH]c(=O)c1. The van der Waals surface area contributed by atoms with Crippen molar-refractivity contribution in [3.8, 4) is 11.1 Å². The first kappa shape index (κ1) is 18.6. The number of benzene rings is 2. The highest BCUT2D eigenvalue weighted by molar-refractivity contribution is 5.79. The van der Waals surface area contributed by atoms with Crippen molar-refractivity contribution in [1.82, 2.24) is 15.2 Å². The number of nitrogens with one attached hydrogen (secondary N) is 2. The van der Waals surface area contributed by atoms with Gasteiger partial charge in [-0.05, 0) is 33.9 Å². The van der Waals surface area contributed by atoms with E-state index in [2.05, 4.69) is 34.6 Å². The van der Waals surface area contributed by atoms with Gasteiger partial charge >= 0.3 is 6.09 Å². The number of aromatic nitrogens is 1. The summed E-state index contributed by atoms with van der Waals surface area (Å²) in [5, 5.41) is 3.30. The fraction of sp³-hybridized carbons (Fsp3) is 0.250. The van der Waals surface area contributed by atoms with Gasteiger partial charge in [0.25, 0.3) is 0 Å². The lowest BCUT2D eigenvalue weighted by Crippen LogP contribution is -2.49. The van der Waals surface area contributed by atoms with Crippen molar-refractivity contribution in [2.24, 2.45) is 0 Å². The van der Waals surface area contributed by atoms with Crippen LogP contribution in [0.1, 0.15) is 28.7 Å². The molecule has 0 radical (unpaired) electrons. The summed E-state index contributed by atoms with van der Waals surface area (Å²) >= 11 is 0. The molecular weight excluding hydrogens is 378 g/mol. The van der Waals surface area contributed by atoms with Crippen LogP contribution in [0.4, 0.5) is 4.79 Å². The summed E-state index contributed by atoms with van der Waals surface area (Å²) in [4.78, 5) is 29.1. The minimum atomic E-state index is -0.344. The fourth-order valence-electron chi connectivity index (χ4n) is 4.57. The smallest absolute Gasteiger partial charge is 0.410 e. The van der Waals surface area contributed by atoms with Crippen molar-refractivity contribution < 1.29 is 9.53 Å². The number of fused-ring (bicyclic) bond motifs is 3. The summed E-state index contributed by atoms with van der Waals surface area (Å²) in [6, 6.07) is 19.7. The Morgan fingerprint density at radius 1 is 1.03 bits per heavy atom. The number of rotatable bonds is 3. The molecule has 1 aliphatic carbocycles. The van der Waals surface area contributed by atoms with Crippen LogP contribution in [0.5, 0.6) is 0 Å². The highest BCUT2D eigenvalue weighted by atomic mass is 16.6. The normalized spacial score (nSPS) is 18.0. The average molecular weight is 401 g/mol. The highest BCUT2D eigenvalue weighted by Crippen LogP contribution is 2.44. The number of aromatic amines is 1. The summed E-state index contributed by atoms with van der Waals surface area (Å²) in [6.45, 7) is 2.12. The van der Waals surface area contributed by atoms with E-state index in [-0.39, 0.29) is 23.6 Å². The van der Waals surface area contributed by atoms with Crippen LogP contribution in [-0.4, -0.2) is 42.2 Å². The predicted octanol–water partition coefficient (Wildman–Crippen LogP) is 3.27. The van der Waals surface area contributed by atoms with Crippen molar-refractivity contribution in [2.45, 2.75) is 12.0 Å². The third-order valence-corrected chi connectivity index (χ3v) is 6.00. The van der Waals surface area contributed by atoms with E-state index in [4.69, 9.17) is 4.74 Å². The summed E-state index contributed by atoms with van der Waals surface area (Å²) < 4.78 is 5.83. The summed E-state index contributed by atoms with van der Waals surface area (Å²) in [7, 11) is 0. The van der Waals surface area contributed by atoms with Gasteiger partial charge in [0, 0.05) is 37.8 Å². The second-order valence-corrected chi connectivity index (χ2v) is 7.70. The van der Waals surface area contributed by atoms with E-state index >= 15 is 0 Å². The molecule has 1 saturated heterocycles. The van der Waals surface area contributed by atoms with Crippen molar-refractivity contribution in [1.29, 1.82) is 0 Å². The number of hydrogen-bond donors (Lipinski definition) is 2. The molecule has 2 aliphatic rings. The maximum atomic E-state index is 13.0. The molecule has 0 spiro atoms. The second-order valence-electron chi connectivity index (χ2n) is 7.70. The maximum Gasteiger partial charge on any atom is 0.410 e.